The average Bonchev–Trinajstić information content (AvgIpc) is 2.98. The number of fused-ring (bicyclic) bond motifs is 1. The number of imidazole rings is 1. The lowest BCUT2D eigenvalue weighted by molar-refractivity contribution is 0.0945. The van der Waals surface area contributed by atoms with Gasteiger partial charge in [-0.1, -0.05) is 12.1 Å². The highest BCUT2D eigenvalue weighted by molar-refractivity contribution is 5.94. The topological polar surface area (TPSA) is 90.6 Å². The van der Waals surface area contributed by atoms with Gasteiger partial charge >= 0.3 is 0 Å². The number of carbonyl (C=O) groups excluding carboxylic acids is 1. The van der Waals surface area contributed by atoms with Gasteiger partial charge in [-0.05, 0) is 12.1 Å². The normalized spacial score (nSPS) is 10.6. The zero-order valence-electron chi connectivity index (χ0n) is 10.5. The maximum Gasteiger partial charge on any atom is 0.268 e. The van der Waals surface area contributed by atoms with Crippen LogP contribution in [0.3, 0.4) is 0 Å². The van der Waals surface area contributed by atoms with Crippen molar-refractivity contribution in [2.75, 3.05) is 0 Å². The van der Waals surface area contributed by atoms with Gasteiger partial charge in [0.25, 0.3) is 5.91 Å². The zero-order valence-corrected chi connectivity index (χ0v) is 10.5. The second-order valence-electron chi connectivity index (χ2n) is 4.31. The summed E-state index contributed by atoms with van der Waals surface area (Å²) in [5, 5.41) is 3.26. The molecule has 0 spiro atoms. The summed E-state index contributed by atoms with van der Waals surface area (Å²) in [6, 6.07) is 8.38. The number of pyridine rings is 1. The van der Waals surface area contributed by atoms with Crippen LogP contribution in [0.15, 0.2) is 47.5 Å². The van der Waals surface area contributed by atoms with E-state index in [2.05, 4.69) is 20.3 Å². The molecule has 2 heterocycles. The van der Waals surface area contributed by atoms with Crippen LogP contribution in [0.25, 0.3) is 10.9 Å². The predicted octanol–water partition coefficient (Wildman–Crippen LogP) is 1.18. The molecule has 3 aromatic rings. The minimum Gasteiger partial charge on any atom is -0.350 e. The molecule has 2 aromatic heterocycles. The maximum absolute atomic E-state index is 12.0. The molecule has 100 valence electrons. The van der Waals surface area contributed by atoms with Crippen LogP contribution < -0.4 is 10.7 Å². The summed E-state index contributed by atoms with van der Waals surface area (Å²) in [5.74, 6) is 0.311. The largest absolute Gasteiger partial charge is 0.350 e. The van der Waals surface area contributed by atoms with Gasteiger partial charge in [0.05, 0.1) is 6.54 Å². The summed E-state index contributed by atoms with van der Waals surface area (Å²) in [5.41, 5.74) is 0.700. The fourth-order valence-electron chi connectivity index (χ4n) is 1.97. The Morgan fingerprint density at radius 2 is 2.15 bits per heavy atom. The number of hydrogen-bond donors (Lipinski definition) is 3. The molecule has 0 aliphatic rings. The Bertz CT molecular complexity index is 805. The highest BCUT2D eigenvalue weighted by Crippen LogP contribution is 2.07. The number of H-pyrrole nitrogens is 2. The molecule has 0 bridgehead atoms. The lowest BCUT2D eigenvalue weighted by Gasteiger charge is -2.05. The summed E-state index contributed by atoms with van der Waals surface area (Å²) in [4.78, 5) is 33.8. The van der Waals surface area contributed by atoms with Crippen LogP contribution in [-0.4, -0.2) is 20.9 Å². The van der Waals surface area contributed by atoms with E-state index < -0.39 is 0 Å². The fourth-order valence-corrected chi connectivity index (χ4v) is 1.97. The molecule has 0 radical (unpaired) electrons. The van der Waals surface area contributed by atoms with Crippen molar-refractivity contribution in [1.29, 1.82) is 0 Å². The van der Waals surface area contributed by atoms with Crippen molar-refractivity contribution < 1.29 is 4.79 Å². The third kappa shape index (κ3) is 2.31. The molecule has 6 nitrogen and oxygen atoms in total. The van der Waals surface area contributed by atoms with E-state index in [-0.39, 0.29) is 23.6 Å². The number of benzene rings is 1. The van der Waals surface area contributed by atoms with Crippen LogP contribution >= 0.6 is 0 Å². The van der Waals surface area contributed by atoms with Crippen LogP contribution in [0.5, 0.6) is 0 Å². The van der Waals surface area contributed by atoms with Gasteiger partial charge in [0, 0.05) is 29.4 Å². The summed E-state index contributed by atoms with van der Waals surface area (Å²) < 4.78 is 0. The molecule has 0 unspecified atom stereocenters. The number of aromatic nitrogens is 3. The lowest BCUT2D eigenvalue weighted by Crippen LogP contribution is -2.25. The Morgan fingerprint density at radius 1 is 1.30 bits per heavy atom. The van der Waals surface area contributed by atoms with E-state index in [0.717, 1.165) is 0 Å². The molecule has 0 saturated heterocycles. The number of nitrogens with zero attached hydrogens (tertiary/aromatic N) is 1. The molecule has 20 heavy (non-hydrogen) atoms. The van der Waals surface area contributed by atoms with Crippen LogP contribution in [0.2, 0.25) is 0 Å². The van der Waals surface area contributed by atoms with Crippen LogP contribution in [-0.2, 0) is 6.54 Å². The first kappa shape index (κ1) is 12.2. The first-order valence-corrected chi connectivity index (χ1v) is 6.12. The summed E-state index contributed by atoms with van der Waals surface area (Å²) in [6.07, 6.45) is 3.29. The quantitative estimate of drug-likeness (QED) is 0.666. The third-order valence-corrected chi connectivity index (χ3v) is 2.95. The molecule has 3 N–H and O–H groups in total. The van der Waals surface area contributed by atoms with Crippen LogP contribution in [0.4, 0.5) is 0 Å². The van der Waals surface area contributed by atoms with Crippen molar-refractivity contribution in [3.8, 4) is 0 Å². The van der Waals surface area contributed by atoms with E-state index >= 15 is 0 Å². The molecule has 6 heteroatoms. The SMILES string of the molecule is O=C(NCc1ncc[nH]1)c1cc(=O)c2ccccc2[nH]1. The summed E-state index contributed by atoms with van der Waals surface area (Å²) in [7, 11) is 0. The van der Waals surface area contributed by atoms with Crippen molar-refractivity contribution in [1.82, 2.24) is 20.3 Å². The van der Waals surface area contributed by atoms with Crippen molar-refractivity contribution in [3.05, 3.63) is 64.5 Å². The van der Waals surface area contributed by atoms with Crippen LogP contribution in [0, 0.1) is 0 Å². The van der Waals surface area contributed by atoms with E-state index in [4.69, 9.17) is 0 Å². The first-order valence-electron chi connectivity index (χ1n) is 6.12. The third-order valence-electron chi connectivity index (χ3n) is 2.95. The Kier molecular flexibility index (Phi) is 3.04. The minimum atomic E-state index is -0.343. The monoisotopic (exact) mass is 268 g/mol. The maximum atomic E-state index is 12.0. The van der Waals surface area contributed by atoms with Gasteiger partial charge in [-0.15, -0.1) is 0 Å². The van der Waals surface area contributed by atoms with E-state index in [1.807, 2.05) is 6.07 Å². The van der Waals surface area contributed by atoms with Gasteiger partial charge in [-0.25, -0.2) is 4.98 Å². The Labute approximate surface area is 113 Å². The van der Waals surface area contributed by atoms with Gasteiger partial charge in [0.1, 0.15) is 11.5 Å². The highest BCUT2D eigenvalue weighted by Gasteiger charge is 2.09. The van der Waals surface area contributed by atoms with Gasteiger partial charge < -0.3 is 15.3 Å². The van der Waals surface area contributed by atoms with E-state index in [9.17, 15) is 9.59 Å². The number of aromatic amines is 2. The first-order chi connectivity index (χ1) is 9.74. The number of nitrogens with one attached hydrogen (secondary N) is 3. The Hall–Kier alpha value is -2.89. The molecule has 3 rings (SSSR count). The molecular weight excluding hydrogens is 256 g/mol. The van der Waals surface area contributed by atoms with E-state index in [0.29, 0.717) is 16.7 Å². The minimum absolute atomic E-state index is 0.178. The van der Waals surface area contributed by atoms with Gasteiger partial charge in [-0.3, -0.25) is 9.59 Å². The predicted molar refractivity (Wildman–Crippen MR) is 74.3 cm³/mol. The number of carbonyl (C=O) groups is 1. The molecule has 0 aliphatic carbocycles. The van der Waals surface area contributed by atoms with Crippen molar-refractivity contribution >= 4 is 16.8 Å². The number of para-hydroxylation sites is 1. The number of amides is 1. The van der Waals surface area contributed by atoms with Crippen molar-refractivity contribution in [2.24, 2.45) is 0 Å². The molecule has 1 amide bonds. The van der Waals surface area contributed by atoms with Crippen molar-refractivity contribution in [2.45, 2.75) is 6.54 Å². The van der Waals surface area contributed by atoms with Gasteiger partial charge in [-0.2, -0.15) is 0 Å². The molecule has 1 aromatic carbocycles. The number of rotatable bonds is 3. The Morgan fingerprint density at radius 3 is 2.95 bits per heavy atom. The fraction of sp³-hybridized carbons (Fsp3) is 0.0714. The molecule has 0 aliphatic heterocycles. The highest BCUT2D eigenvalue weighted by atomic mass is 16.2. The molecular formula is C14H12N4O2. The van der Waals surface area contributed by atoms with Gasteiger partial charge in [0.2, 0.25) is 0 Å². The summed E-state index contributed by atoms with van der Waals surface area (Å²) in [6.45, 7) is 0.278. The smallest absolute Gasteiger partial charge is 0.268 e. The molecule has 0 fully saturated rings. The van der Waals surface area contributed by atoms with E-state index in [1.54, 1.807) is 30.6 Å². The zero-order chi connectivity index (χ0) is 13.9. The van der Waals surface area contributed by atoms with E-state index in [1.165, 1.54) is 6.07 Å². The van der Waals surface area contributed by atoms with Crippen molar-refractivity contribution in [3.63, 3.8) is 0 Å². The summed E-state index contributed by atoms with van der Waals surface area (Å²) >= 11 is 0. The number of hydrogen-bond acceptors (Lipinski definition) is 3. The average molecular weight is 268 g/mol. The molecule has 0 saturated carbocycles. The standard InChI is InChI=1S/C14H12N4O2/c19-12-7-11(18-10-4-2-1-3-9(10)12)14(20)17-8-13-15-5-6-16-13/h1-7H,8H2,(H,15,16)(H,17,20)(H,18,19). The molecule has 0 atom stereocenters. The Balaban J connectivity index is 1.86. The lowest BCUT2D eigenvalue weighted by atomic mass is 10.2. The second-order valence-corrected chi connectivity index (χ2v) is 4.31. The van der Waals surface area contributed by atoms with Gasteiger partial charge in [0.15, 0.2) is 5.43 Å². The second kappa shape index (κ2) is 5.00. The van der Waals surface area contributed by atoms with Crippen LogP contribution in [0.1, 0.15) is 16.3 Å².